The Balaban J connectivity index is 1.87. The molecule has 2 rings (SSSR count). The summed E-state index contributed by atoms with van der Waals surface area (Å²) in [7, 11) is -4.66. The van der Waals surface area contributed by atoms with Crippen molar-refractivity contribution in [3.8, 4) is 5.75 Å². The fourth-order valence-corrected chi connectivity index (χ4v) is 2.76. The summed E-state index contributed by atoms with van der Waals surface area (Å²) in [6.45, 7) is 2.43. The summed E-state index contributed by atoms with van der Waals surface area (Å²) in [6, 6.07) is 11.8. The number of sulfone groups is 1. The highest BCUT2D eigenvalue weighted by molar-refractivity contribution is 7.91. The zero-order valence-electron chi connectivity index (χ0n) is 13.4. The van der Waals surface area contributed by atoms with E-state index in [4.69, 9.17) is 4.74 Å². The summed E-state index contributed by atoms with van der Waals surface area (Å²) in [4.78, 5) is 11.4. The van der Waals surface area contributed by atoms with Gasteiger partial charge in [-0.2, -0.15) is 8.78 Å². The van der Waals surface area contributed by atoms with E-state index in [9.17, 15) is 22.0 Å². The van der Waals surface area contributed by atoms with Gasteiger partial charge in [0.05, 0.1) is 11.4 Å². The molecule has 2 aromatic rings. The molecular weight excluding hydrogens is 352 g/mol. The first-order chi connectivity index (χ1) is 11.8. The second-order valence-corrected chi connectivity index (χ2v) is 7.17. The number of amides is 1. The van der Waals surface area contributed by atoms with E-state index < -0.39 is 26.4 Å². The van der Waals surface area contributed by atoms with E-state index in [0.717, 1.165) is 17.7 Å². The van der Waals surface area contributed by atoms with E-state index in [0.29, 0.717) is 5.75 Å². The van der Waals surface area contributed by atoms with Gasteiger partial charge in [0.15, 0.2) is 0 Å². The van der Waals surface area contributed by atoms with Gasteiger partial charge in [-0.1, -0.05) is 12.1 Å². The summed E-state index contributed by atoms with van der Waals surface area (Å²) in [5.74, 6) is -3.25. The normalized spacial score (nSPS) is 11.4. The molecule has 25 heavy (non-hydrogen) atoms. The van der Waals surface area contributed by atoms with Gasteiger partial charge in [0.25, 0.3) is 5.91 Å². The highest BCUT2D eigenvalue weighted by Gasteiger charge is 2.26. The Morgan fingerprint density at radius 1 is 1.16 bits per heavy atom. The van der Waals surface area contributed by atoms with Crippen LogP contribution in [0.15, 0.2) is 53.4 Å². The fourth-order valence-electron chi connectivity index (χ4n) is 2.04. The van der Waals surface area contributed by atoms with Crippen molar-refractivity contribution in [1.82, 2.24) is 5.32 Å². The molecule has 5 nitrogen and oxygen atoms in total. The summed E-state index contributed by atoms with van der Waals surface area (Å²) >= 11 is 0. The van der Waals surface area contributed by atoms with Crippen molar-refractivity contribution < 1.29 is 26.7 Å². The first-order valence-electron chi connectivity index (χ1n) is 7.40. The molecule has 134 valence electrons. The molecule has 8 heteroatoms. The lowest BCUT2D eigenvalue weighted by Gasteiger charge is -2.09. The van der Waals surface area contributed by atoms with Gasteiger partial charge in [-0.25, -0.2) is 8.42 Å². The van der Waals surface area contributed by atoms with Crippen molar-refractivity contribution in [1.29, 1.82) is 0 Å². The average Bonchev–Trinajstić information content (AvgIpc) is 2.58. The minimum Gasteiger partial charge on any atom is -0.492 e. The molecule has 0 bridgehead atoms. The van der Waals surface area contributed by atoms with Gasteiger partial charge in [-0.05, 0) is 48.9 Å². The molecule has 0 atom stereocenters. The Morgan fingerprint density at radius 3 is 2.44 bits per heavy atom. The molecule has 0 radical (unpaired) electrons. The SMILES string of the molecule is Cc1cccc(OCCNC(=O)c2ccc(S(=O)(=O)C(F)F)cc2)c1. The second kappa shape index (κ2) is 8.06. The molecule has 0 fully saturated rings. The van der Waals surface area contributed by atoms with Gasteiger partial charge < -0.3 is 10.1 Å². The molecule has 0 aliphatic carbocycles. The number of alkyl halides is 2. The molecule has 0 aliphatic rings. The molecule has 0 unspecified atom stereocenters. The third-order valence-corrected chi connectivity index (χ3v) is 4.72. The van der Waals surface area contributed by atoms with Crippen molar-refractivity contribution in [2.24, 2.45) is 0 Å². The molecular formula is C17H17F2NO4S. The van der Waals surface area contributed by atoms with Crippen LogP contribution in [0.5, 0.6) is 5.75 Å². The van der Waals surface area contributed by atoms with Crippen molar-refractivity contribution in [2.45, 2.75) is 17.6 Å². The van der Waals surface area contributed by atoms with Crippen LogP contribution in [0, 0.1) is 6.92 Å². The Hall–Kier alpha value is -2.48. The molecule has 0 aromatic heterocycles. The van der Waals surface area contributed by atoms with Crippen LogP contribution in [0.1, 0.15) is 15.9 Å². The van der Waals surface area contributed by atoms with Crippen LogP contribution in [0.25, 0.3) is 0 Å². The Kier molecular flexibility index (Phi) is 6.08. The predicted octanol–water partition coefficient (Wildman–Crippen LogP) is 2.80. The van der Waals surface area contributed by atoms with Gasteiger partial charge in [0.2, 0.25) is 9.84 Å². The predicted molar refractivity (Wildman–Crippen MR) is 88.6 cm³/mol. The molecule has 0 saturated heterocycles. The minimum atomic E-state index is -4.66. The lowest BCUT2D eigenvalue weighted by atomic mass is 10.2. The highest BCUT2D eigenvalue weighted by Crippen LogP contribution is 2.18. The smallest absolute Gasteiger partial charge is 0.341 e. The zero-order valence-corrected chi connectivity index (χ0v) is 14.2. The number of ether oxygens (including phenoxy) is 1. The van der Waals surface area contributed by atoms with E-state index in [2.05, 4.69) is 5.32 Å². The lowest BCUT2D eigenvalue weighted by Crippen LogP contribution is -2.28. The molecule has 0 heterocycles. The van der Waals surface area contributed by atoms with Crippen LogP contribution in [0.3, 0.4) is 0 Å². The third-order valence-electron chi connectivity index (χ3n) is 3.33. The minimum absolute atomic E-state index is 0.170. The number of aryl methyl sites for hydroxylation is 1. The number of benzene rings is 2. The molecule has 0 saturated carbocycles. The summed E-state index contributed by atoms with van der Waals surface area (Å²) in [5.41, 5.74) is 1.23. The second-order valence-electron chi connectivity index (χ2n) is 5.25. The van der Waals surface area contributed by atoms with E-state index in [1.54, 1.807) is 6.07 Å². The van der Waals surface area contributed by atoms with Gasteiger partial charge in [0, 0.05) is 5.56 Å². The summed E-state index contributed by atoms with van der Waals surface area (Å²) in [5, 5.41) is 2.60. The molecule has 2 aromatic carbocycles. The largest absolute Gasteiger partial charge is 0.492 e. The van der Waals surface area contributed by atoms with E-state index in [1.165, 1.54) is 12.1 Å². The van der Waals surface area contributed by atoms with E-state index >= 15 is 0 Å². The maximum atomic E-state index is 12.4. The van der Waals surface area contributed by atoms with Crippen LogP contribution in [-0.4, -0.2) is 33.2 Å². The standard InChI is InChI=1S/C17H17F2NO4S/c1-12-3-2-4-14(11-12)24-10-9-20-16(21)13-5-7-15(8-6-13)25(22,23)17(18)19/h2-8,11,17H,9-10H2,1H3,(H,20,21). The van der Waals surface area contributed by atoms with Gasteiger partial charge in [-0.3, -0.25) is 4.79 Å². The van der Waals surface area contributed by atoms with Crippen LogP contribution in [0.2, 0.25) is 0 Å². The van der Waals surface area contributed by atoms with Gasteiger partial charge in [0.1, 0.15) is 12.4 Å². The van der Waals surface area contributed by atoms with Crippen LogP contribution >= 0.6 is 0 Å². The van der Waals surface area contributed by atoms with Crippen molar-refractivity contribution >= 4 is 15.7 Å². The number of rotatable bonds is 7. The van der Waals surface area contributed by atoms with Crippen molar-refractivity contribution in [3.63, 3.8) is 0 Å². The van der Waals surface area contributed by atoms with Crippen LogP contribution in [0.4, 0.5) is 8.78 Å². The van der Waals surface area contributed by atoms with E-state index in [-0.39, 0.29) is 18.7 Å². The number of hydrogen-bond donors (Lipinski definition) is 1. The maximum Gasteiger partial charge on any atom is 0.341 e. The van der Waals surface area contributed by atoms with Gasteiger partial charge in [-0.15, -0.1) is 0 Å². The number of carbonyl (C=O) groups is 1. The average molecular weight is 369 g/mol. The highest BCUT2D eigenvalue weighted by atomic mass is 32.2. The zero-order chi connectivity index (χ0) is 18.4. The van der Waals surface area contributed by atoms with Crippen LogP contribution < -0.4 is 10.1 Å². The Morgan fingerprint density at radius 2 is 1.84 bits per heavy atom. The first kappa shape index (κ1) is 18.9. The third kappa shape index (κ3) is 4.99. The summed E-state index contributed by atoms with van der Waals surface area (Å²) < 4.78 is 53.0. The topological polar surface area (TPSA) is 72.5 Å². The first-order valence-corrected chi connectivity index (χ1v) is 8.95. The van der Waals surface area contributed by atoms with Crippen molar-refractivity contribution in [3.05, 3.63) is 59.7 Å². The quantitative estimate of drug-likeness (QED) is 0.762. The molecule has 1 N–H and O–H groups in total. The monoisotopic (exact) mass is 369 g/mol. The lowest BCUT2D eigenvalue weighted by molar-refractivity contribution is 0.0947. The Labute approximate surface area is 144 Å². The maximum absolute atomic E-state index is 12.4. The summed E-state index contributed by atoms with van der Waals surface area (Å²) in [6.07, 6.45) is 0. The fraction of sp³-hybridized carbons (Fsp3) is 0.235. The number of carbonyl (C=O) groups excluding carboxylic acids is 1. The van der Waals surface area contributed by atoms with Gasteiger partial charge >= 0.3 is 5.76 Å². The number of halogens is 2. The Bertz CT molecular complexity index is 836. The molecule has 1 amide bonds. The van der Waals surface area contributed by atoms with Crippen molar-refractivity contribution in [2.75, 3.05) is 13.2 Å². The number of nitrogens with one attached hydrogen (secondary N) is 1. The molecule has 0 spiro atoms. The number of hydrogen-bond acceptors (Lipinski definition) is 4. The van der Waals surface area contributed by atoms with Crippen LogP contribution in [-0.2, 0) is 9.84 Å². The van der Waals surface area contributed by atoms with E-state index in [1.807, 2.05) is 25.1 Å². The molecule has 0 aliphatic heterocycles.